The number of amidine groups is 1. The number of sulfonamides is 1. The molecule has 1 aromatic rings. The van der Waals surface area contributed by atoms with Gasteiger partial charge in [-0.15, -0.1) is 0 Å². The van der Waals surface area contributed by atoms with Crippen LogP contribution in [-0.4, -0.2) is 50.0 Å². The molecule has 0 radical (unpaired) electrons. The van der Waals surface area contributed by atoms with E-state index in [0.29, 0.717) is 24.5 Å². The summed E-state index contributed by atoms with van der Waals surface area (Å²) in [6.07, 6.45) is 1.24. The largest absolute Gasteiger partial charge is 0.444 e. The van der Waals surface area contributed by atoms with E-state index in [1.54, 1.807) is 29.2 Å². The molecule has 2 aliphatic rings. The van der Waals surface area contributed by atoms with Crippen LogP contribution in [0.1, 0.15) is 39.2 Å². The van der Waals surface area contributed by atoms with Crippen LogP contribution >= 0.6 is 0 Å². The molecule has 136 valence electrons. The second kappa shape index (κ2) is 6.33. The van der Waals surface area contributed by atoms with Crippen LogP contribution in [0.2, 0.25) is 0 Å². The Bertz CT molecular complexity index is 811. The van der Waals surface area contributed by atoms with Crippen LogP contribution in [0.15, 0.2) is 34.2 Å². The molecule has 7 nitrogen and oxygen atoms in total. The van der Waals surface area contributed by atoms with Crippen LogP contribution in [-0.2, 0) is 14.8 Å². The van der Waals surface area contributed by atoms with Crippen LogP contribution < -0.4 is 4.72 Å². The molecule has 0 aliphatic carbocycles. The molecule has 1 amide bonds. The first-order valence-corrected chi connectivity index (χ1v) is 9.82. The van der Waals surface area contributed by atoms with Crippen LogP contribution in [0.25, 0.3) is 0 Å². The van der Waals surface area contributed by atoms with E-state index in [4.69, 9.17) is 4.74 Å². The monoisotopic (exact) mass is 365 g/mol. The number of aliphatic imine (C=N–C) groups is 1. The average molecular weight is 365 g/mol. The zero-order valence-electron chi connectivity index (χ0n) is 14.7. The van der Waals surface area contributed by atoms with Gasteiger partial charge in [0.1, 0.15) is 11.4 Å². The zero-order chi connectivity index (χ0) is 18.2. The second-order valence-electron chi connectivity index (χ2n) is 7.30. The molecule has 25 heavy (non-hydrogen) atoms. The normalized spacial score (nSPS) is 23.9. The van der Waals surface area contributed by atoms with Crippen LogP contribution in [0.5, 0.6) is 0 Å². The van der Waals surface area contributed by atoms with Gasteiger partial charge < -0.3 is 9.64 Å². The number of carbonyl (C=O) groups excluding carboxylic acids is 1. The van der Waals surface area contributed by atoms with Crippen molar-refractivity contribution < 1.29 is 17.9 Å². The van der Waals surface area contributed by atoms with Gasteiger partial charge in [-0.05, 0) is 45.7 Å². The summed E-state index contributed by atoms with van der Waals surface area (Å²) in [6.45, 7) is 6.53. The first-order chi connectivity index (χ1) is 11.7. The molecule has 0 saturated carbocycles. The van der Waals surface area contributed by atoms with E-state index in [1.165, 1.54) is 0 Å². The fourth-order valence-corrected chi connectivity index (χ4v) is 4.20. The van der Waals surface area contributed by atoms with Crippen molar-refractivity contribution in [3.63, 3.8) is 0 Å². The number of hydrogen-bond acceptors (Lipinski definition) is 5. The van der Waals surface area contributed by atoms with Gasteiger partial charge in [0.05, 0.1) is 10.9 Å². The highest BCUT2D eigenvalue weighted by Crippen LogP contribution is 2.24. The second-order valence-corrected chi connectivity index (χ2v) is 8.95. The van der Waals surface area contributed by atoms with Crippen molar-refractivity contribution in [3.05, 3.63) is 29.8 Å². The molecule has 0 spiro atoms. The maximum Gasteiger partial charge on any atom is 0.410 e. The number of carbonyl (C=O) groups is 1. The van der Waals surface area contributed by atoms with Crippen LogP contribution in [0.3, 0.4) is 0 Å². The average Bonchev–Trinajstić information content (AvgIpc) is 2.77. The summed E-state index contributed by atoms with van der Waals surface area (Å²) in [5.41, 5.74) is 0.0348. The maximum absolute atomic E-state index is 12.2. The van der Waals surface area contributed by atoms with E-state index in [-0.39, 0.29) is 17.0 Å². The summed E-state index contributed by atoms with van der Waals surface area (Å²) >= 11 is 0. The van der Waals surface area contributed by atoms with Crippen molar-refractivity contribution in [2.24, 2.45) is 4.99 Å². The van der Waals surface area contributed by atoms with Crippen LogP contribution in [0.4, 0.5) is 4.79 Å². The lowest BCUT2D eigenvalue weighted by Gasteiger charge is -2.32. The lowest BCUT2D eigenvalue weighted by Crippen LogP contribution is -2.44. The van der Waals surface area contributed by atoms with Gasteiger partial charge in [-0.3, -0.25) is 9.71 Å². The van der Waals surface area contributed by atoms with Gasteiger partial charge >= 0.3 is 6.09 Å². The number of hydrogen-bond donors (Lipinski definition) is 1. The Morgan fingerprint density at radius 3 is 2.76 bits per heavy atom. The minimum atomic E-state index is -3.55. The Kier molecular flexibility index (Phi) is 4.49. The molecular weight excluding hydrogens is 342 g/mol. The fourth-order valence-electron chi connectivity index (χ4n) is 2.96. The molecular formula is C17H23N3O4S. The van der Waals surface area contributed by atoms with Crippen LogP contribution in [0, 0.1) is 0 Å². The van der Waals surface area contributed by atoms with Gasteiger partial charge in [0, 0.05) is 18.7 Å². The van der Waals surface area contributed by atoms with Crippen molar-refractivity contribution in [1.82, 2.24) is 9.62 Å². The Hall–Kier alpha value is -2.09. The molecule has 1 aromatic carbocycles. The number of rotatable bonds is 1. The molecule has 1 saturated heterocycles. The number of nitrogens with one attached hydrogen (secondary N) is 1. The molecule has 2 heterocycles. The van der Waals surface area contributed by atoms with Gasteiger partial charge in [0.2, 0.25) is 0 Å². The Labute approximate surface area is 148 Å². The third-order valence-corrected chi connectivity index (χ3v) is 5.42. The Morgan fingerprint density at radius 1 is 1.32 bits per heavy atom. The molecule has 0 unspecified atom stereocenters. The number of likely N-dealkylation sites (tertiary alicyclic amines) is 1. The quantitative estimate of drug-likeness (QED) is 0.826. The van der Waals surface area contributed by atoms with Crippen molar-refractivity contribution in [2.45, 2.75) is 50.2 Å². The van der Waals surface area contributed by atoms with Gasteiger partial charge in [-0.1, -0.05) is 12.1 Å². The number of nitrogens with zero attached hydrogens (tertiary/aromatic N) is 2. The maximum atomic E-state index is 12.2. The molecule has 3 rings (SSSR count). The number of fused-ring (bicyclic) bond motifs is 1. The first kappa shape index (κ1) is 17.7. The fraction of sp³-hybridized carbons (Fsp3) is 0.529. The highest BCUT2D eigenvalue weighted by Gasteiger charge is 2.32. The van der Waals surface area contributed by atoms with E-state index in [1.807, 2.05) is 20.8 Å². The molecule has 0 bridgehead atoms. The molecule has 8 heteroatoms. The standard InChI is InChI=1S/C17H23N3O4S/c1-17(2,3)24-16(21)20-10-6-7-12(11-20)18-15-13-8-4-5-9-14(13)25(22,23)19-15/h4-5,8-9,12H,6-7,10-11H2,1-3H3,(H,18,19)/t12-/m1/s1. The van der Waals surface area contributed by atoms with E-state index < -0.39 is 15.6 Å². The predicted octanol–water partition coefficient (Wildman–Crippen LogP) is 2.12. The summed E-state index contributed by atoms with van der Waals surface area (Å²) in [7, 11) is -3.55. The minimum absolute atomic E-state index is 0.162. The van der Waals surface area contributed by atoms with Crippen molar-refractivity contribution in [2.75, 3.05) is 13.1 Å². The summed E-state index contributed by atoms with van der Waals surface area (Å²) in [6, 6.07) is 6.61. The zero-order valence-corrected chi connectivity index (χ0v) is 15.5. The predicted molar refractivity (Wildman–Crippen MR) is 94.1 cm³/mol. The number of piperidine rings is 1. The van der Waals surface area contributed by atoms with E-state index in [0.717, 1.165) is 12.8 Å². The van der Waals surface area contributed by atoms with Crippen molar-refractivity contribution >= 4 is 22.0 Å². The SMILES string of the molecule is CC(C)(C)OC(=O)N1CCC[C@@H](N=C2NS(=O)(=O)c3ccccc32)C1. The number of amides is 1. The highest BCUT2D eigenvalue weighted by molar-refractivity contribution is 7.90. The molecule has 1 fully saturated rings. The van der Waals surface area contributed by atoms with Gasteiger partial charge in [-0.2, -0.15) is 0 Å². The summed E-state index contributed by atoms with van der Waals surface area (Å²) in [5.74, 6) is 0.353. The topological polar surface area (TPSA) is 88.1 Å². The lowest BCUT2D eigenvalue weighted by atomic mass is 10.1. The van der Waals surface area contributed by atoms with Gasteiger partial charge in [0.25, 0.3) is 10.0 Å². The summed E-state index contributed by atoms with van der Waals surface area (Å²) in [5, 5.41) is 0. The summed E-state index contributed by atoms with van der Waals surface area (Å²) < 4.78 is 32.2. The highest BCUT2D eigenvalue weighted by atomic mass is 32.2. The van der Waals surface area contributed by atoms with E-state index >= 15 is 0 Å². The number of benzene rings is 1. The van der Waals surface area contributed by atoms with Crippen molar-refractivity contribution in [3.8, 4) is 0 Å². The number of ether oxygens (including phenoxy) is 1. The Balaban J connectivity index is 1.77. The van der Waals surface area contributed by atoms with Crippen molar-refractivity contribution in [1.29, 1.82) is 0 Å². The minimum Gasteiger partial charge on any atom is -0.444 e. The first-order valence-electron chi connectivity index (χ1n) is 8.34. The molecule has 0 aromatic heterocycles. The Morgan fingerprint density at radius 2 is 2.04 bits per heavy atom. The smallest absolute Gasteiger partial charge is 0.410 e. The van der Waals surface area contributed by atoms with E-state index in [2.05, 4.69) is 9.71 Å². The van der Waals surface area contributed by atoms with E-state index in [9.17, 15) is 13.2 Å². The lowest BCUT2D eigenvalue weighted by molar-refractivity contribution is 0.0201. The van der Waals surface area contributed by atoms with Gasteiger partial charge in [-0.25, -0.2) is 13.2 Å². The molecule has 1 atom stereocenters. The molecule has 2 aliphatic heterocycles. The third kappa shape index (κ3) is 3.95. The molecule has 1 N–H and O–H groups in total. The third-order valence-electron chi connectivity index (χ3n) is 4.02. The van der Waals surface area contributed by atoms with Gasteiger partial charge in [0.15, 0.2) is 0 Å². The summed E-state index contributed by atoms with van der Waals surface area (Å²) in [4.78, 5) is 18.7.